The number of carbonyl (C=O) groups is 1. The Morgan fingerprint density at radius 1 is 1.19 bits per heavy atom. The number of fused-ring (bicyclic) bond motifs is 1. The van der Waals surface area contributed by atoms with Crippen molar-refractivity contribution < 1.29 is 13.2 Å². The summed E-state index contributed by atoms with van der Waals surface area (Å²) in [6.07, 6.45) is 4.78. The molecule has 1 aromatic carbocycles. The van der Waals surface area contributed by atoms with Crippen molar-refractivity contribution in [2.24, 2.45) is 11.8 Å². The van der Waals surface area contributed by atoms with Crippen molar-refractivity contribution in [2.75, 3.05) is 5.75 Å². The van der Waals surface area contributed by atoms with Crippen molar-refractivity contribution in [3.05, 3.63) is 74.5 Å². The highest BCUT2D eigenvalue weighted by molar-refractivity contribution is 7.91. The third kappa shape index (κ3) is 5.90. The Bertz CT molecular complexity index is 1370. The maximum Gasteiger partial charge on any atom is 0.280 e. The smallest absolute Gasteiger partial charge is 0.280 e. The maximum atomic E-state index is 12.9. The second kappa shape index (κ2) is 10.8. The van der Waals surface area contributed by atoms with Crippen LogP contribution >= 0.6 is 22.9 Å². The van der Waals surface area contributed by atoms with Crippen LogP contribution in [0.25, 0.3) is 0 Å². The van der Waals surface area contributed by atoms with Crippen LogP contribution in [-0.2, 0) is 29.5 Å². The van der Waals surface area contributed by atoms with E-state index in [9.17, 15) is 13.2 Å². The molecule has 1 aliphatic carbocycles. The van der Waals surface area contributed by atoms with E-state index in [2.05, 4.69) is 29.0 Å². The zero-order valence-corrected chi connectivity index (χ0v) is 23.4. The van der Waals surface area contributed by atoms with E-state index >= 15 is 0 Å². The quantitative estimate of drug-likeness (QED) is 0.377. The number of carbonyl (C=O) groups excluding carboxylic acids is 1. The molecule has 0 unspecified atom stereocenters. The second-order valence-electron chi connectivity index (χ2n) is 10.3. The molecule has 37 heavy (non-hydrogen) atoms. The number of amides is 1. The number of thiazole rings is 1. The van der Waals surface area contributed by atoms with E-state index in [1.165, 1.54) is 11.3 Å². The van der Waals surface area contributed by atoms with Crippen LogP contribution in [0.2, 0.25) is 5.02 Å². The lowest BCUT2D eigenvalue weighted by molar-refractivity contribution is 0.0949. The van der Waals surface area contributed by atoms with Gasteiger partial charge in [-0.15, -0.1) is 11.3 Å². The fourth-order valence-corrected chi connectivity index (χ4v) is 7.85. The molecule has 1 N–H and O–H groups in total. The standard InChI is InChI=1S/C27H31ClN4O3S2/c1-17(2)25-24-23(15-32(25)14-21-9-8-20(28)13-29-21)36-27(31-24)26(33)30-12-18-6-10-22(11-7-18)37(34,35)16-19-4-3-5-19/h6-11,13,17,19,25H,3-5,12,14-16H2,1-2H3,(H,30,33)/t25-/m0/s1. The van der Waals surface area contributed by atoms with E-state index in [0.29, 0.717) is 39.9 Å². The fourth-order valence-electron chi connectivity index (χ4n) is 5.00. The van der Waals surface area contributed by atoms with E-state index in [1.807, 2.05) is 12.1 Å². The van der Waals surface area contributed by atoms with Gasteiger partial charge in [0.1, 0.15) is 0 Å². The summed E-state index contributed by atoms with van der Waals surface area (Å²) in [6.45, 7) is 6.06. The number of nitrogens with zero attached hydrogens (tertiary/aromatic N) is 3. The van der Waals surface area contributed by atoms with Gasteiger partial charge < -0.3 is 5.32 Å². The summed E-state index contributed by atoms with van der Waals surface area (Å²) in [7, 11) is -3.26. The summed E-state index contributed by atoms with van der Waals surface area (Å²) in [5.41, 5.74) is 2.77. The van der Waals surface area contributed by atoms with Gasteiger partial charge in [0, 0.05) is 30.7 Å². The number of aromatic nitrogens is 2. The lowest BCUT2D eigenvalue weighted by atomic mass is 9.87. The first-order valence-electron chi connectivity index (χ1n) is 12.6. The predicted octanol–water partition coefficient (Wildman–Crippen LogP) is 5.41. The van der Waals surface area contributed by atoms with E-state index in [4.69, 9.17) is 16.6 Å². The maximum absolute atomic E-state index is 12.9. The molecule has 1 aliphatic heterocycles. The minimum atomic E-state index is -3.26. The van der Waals surface area contributed by atoms with Gasteiger partial charge in [0.15, 0.2) is 14.8 Å². The molecule has 7 nitrogen and oxygen atoms in total. The summed E-state index contributed by atoms with van der Waals surface area (Å²) in [6, 6.07) is 10.7. The molecular formula is C27H31ClN4O3S2. The SMILES string of the molecule is CC(C)[C@H]1c2nc(C(=O)NCc3ccc(S(=O)(=O)CC4CCC4)cc3)sc2CN1Cc1ccc(Cl)cn1. The molecule has 10 heteroatoms. The molecule has 196 valence electrons. The molecule has 1 fully saturated rings. The lowest BCUT2D eigenvalue weighted by Crippen LogP contribution is -2.27. The number of nitrogens with one attached hydrogen (secondary N) is 1. The Labute approximate surface area is 227 Å². The van der Waals surface area contributed by atoms with Crippen molar-refractivity contribution in [2.45, 2.75) is 63.7 Å². The average molecular weight is 559 g/mol. The molecule has 1 saturated carbocycles. The molecule has 1 amide bonds. The Morgan fingerprint density at radius 2 is 1.95 bits per heavy atom. The number of benzene rings is 1. The minimum absolute atomic E-state index is 0.111. The number of sulfone groups is 1. The molecule has 0 bridgehead atoms. The molecule has 0 spiro atoms. The van der Waals surface area contributed by atoms with Crippen molar-refractivity contribution in [1.29, 1.82) is 0 Å². The van der Waals surface area contributed by atoms with Crippen LogP contribution in [0.4, 0.5) is 0 Å². The minimum Gasteiger partial charge on any atom is -0.346 e. The Kier molecular flexibility index (Phi) is 7.68. The third-order valence-electron chi connectivity index (χ3n) is 7.14. The molecular weight excluding hydrogens is 528 g/mol. The predicted molar refractivity (Wildman–Crippen MR) is 145 cm³/mol. The Balaban J connectivity index is 1.20. The monoisotopic (exact) mass is 558 g/mol. The van der Waals surface area contributed by atoms with E-state index in [0.717, 1.165) is 47.6 Å². The zero-order chi connectivity index (χ0) is 26.2. The number of pyridine rings is 1. The largest absolute Gasteiger partial charge is 0.346 e. The summed E-state index contributed by atoms with van der Waals surface area (Å²) in [5, 5.41) is 4.01. The van der Waals surface area contributed by atoms with Crippen LogP contribution < -0.4 is 5.32 Å². The van der Waals surface area contributed by atoms with Gasteiger partial charge in [-0.1, -0.05) is 44.0 Å². The molecule has 3 aromatic rings. The van der Waals surface area contributed by atoms with Gasteiger partial charge in [-0.05, 0) is 54.5 Å². The van der Waals surface area contributed by atoms with Gasteiger partial charge in [0.25, 0.3) is 5.91 Å². The fraction of sp³-hybridized carbons (Fsp3) is 0.444. The topological polar surface area (TPSA) is 92.3 Å². The van der Waals surface area contributed by atoms with E-state index < -0.39 is 9.84 Å². The molecule has 1 atom stereocenters. The van der Waals surface area contributed by atoms with Crippen LogP contribution in [0.1, 0.15) is 70.8 Å². The van der Waals surface area contributed by atoms with Crippen LogP contribution in [0, 0.1) is 11.8 Å². The van der Waals surface area contributed by atoms with Gasteiger partial charge >= 0.3 is 0 Å². The van der Waals surface area contributed by atoms with Gasteiger partial charge in [-0.3, -0.25) is 14.7 Å². The van der Waals surface area contributed by atoms with Crippen molar-refractivity contribution in [3.63, 3.8) is 0 Å². The van der Waals surface area contributed by atoms with Crippen LogP contribution in [-0.4, -0.2) is 34.9 Å². The lowest BCUT2D eigenvalue weighted by Gasteiger charge is -2.27. The molecule has 2 aromatic heterocycles. The van der Waals surface area contributed by atoms with Crippen molar-refractivity contribution in [1.82, 2.24) is 20.2 Å². The van der Waals surface area contributed by atoms with Crippen molar-refractivity contribution in [3.8, 4) is 0 Å². The Morgan fingerprint density at radius 3 is 2.57 bits per heavy atom. The highest BCUT2D eigenvalue weighted by Gasteiger charge is 2.37. The van der Waals surface area contributed by atoms with Gasteiger partial charge in [-0.2, -0.15) is 0 Å². The number of hydrogen-bond donors (Lipinski definition) is 1. The van der Waals surface area contributed by atoms with Crippen molar-refractivity contribution >= 4 is 38.7 Å². The Hall–Kier alpha value is -2.33. The normalized spacial score (nSPS) is 18.1. The number of hydrogen-bond acceptors (Lipinski definition) is 7. The molecule has 5 rings (SSSR count). The molecule has 2 aliphatic rings. The third-order valence-corrected chi connectivity index (χ3v) is 10.3. The highest BCUT2D eigenvalue weighted by Crippen LogP contribution is 2.41. The number of halogens is 1. The summed E-state index contributed by atoms with van der Waals surface area (Å²) < 4.78 is 25.2. The summed E-state index contributed by atoms with van der Waals surface area (Å²) >= 11 is 7.41. The van der Waals surface area contributed by atoms with E-state index in [1.54, 1.807) is 30.5 Å². The first kappa shape index (κ1) is 26.3. The van der Waals surface area contributed by atoms with Gasteiger partial charge in [0.05, 0.1) is 33.1 Å². The molecule has 0 radical (unpaired) electrons. The molecule has 3 heterocycles. The van der Waals surface area contributed by atoms with Gasteiger partial charge in [-0.25, -0.2) is 13.4 Å². The first-order valence-corrected chi connectivity index (χ1v) is 15.5. The van der Waals surface area contributed by atoms with E-state index in [-0.39, 0.29) is 17.7 Å². The first-order chi connectivity index (χ1) is 17.7. The van der Waals surface area contributed by atoms with Gasteiger partial charge in [0.2, 0.25) is 0 Å². The summed E-state index contributed by atoms with van der Waals surface area (Å²) in [4.78, 5) is 25.9. The second-order valence-corrected chi connectivity index (χ2v) is 13.8. The van der Waals surface area contributed by atoms with Crippen LogP contribution in [0.3, 0.4) is 0 Å². The average Bonchev–Trinajstić information content (AvgIpc) is 3.39. The number of rotatable bonds is 9. The molecule has 0 saturated heterocycles. The zero-order valence-electron chi connectivity index (χ0n) is 21.0. The highest BCUT2D eigenvalue weighted by atomic mass is 35.5. The summed E-state index contributed by atoms with van der Waals surface area (Å²) in [5.74, 6) is 0.628. The van der Waals surface area contributed by atoms with Crippen LogP contribution in [0.5, 0.6) is 0 Å². The van der Waals surface area contributed by atoms with Crippen LogP contribution in [0.15, 0.2) is 47.5 Å².